The monoisotopic (exact) mass is 401 g/mol. The second kappa shape index (κ2) is 8.79. The minimum absolute atomic E-state index is 0.127. The van der Waals surface area contributed by atoms with E-state index in [0.29, 0.717) is 11.5 Å². The van der Waals surface area contributed by atoms with E-state index in [4.69, 9.17) is 14.2 Å². The minimum atomic E-state index is -0.618. The predicted octanol–water partition coefficient (Wildman–Crippen LogP) is 2.93. The standard InChI is InChI=1S/C20H19NO6S/c1-25-12-7-8-13(16(9-12)26-2)15(22)11-27-19(23)10-18-20(24)21-14-5-3-4-6-17(14)28-18/h3-9,18H,10-11H2,1-2H3,(H,21,24)/t18-/m0/s1. The number of hydrogen-bond donors (Lipinski definition) is 1. The maximum absolute atomic E-state index is 12.4. The number of ether oxygens (including phenoxy) is 3. The number of hydrogen-bond acceptors (Lipinski definition) is 7. The summed E-state index contributed by atoms with van der Waals surface area (Å²) in [4.78, 5) is 37.6. The van der Waals surface area contributed by atoms with Gasteiger partial charge in [-0.05, 0) is 24.3 Å². The van der Waals surface area contributed by atoms with E-state index in [1.165, 1.54) is 26.0 Å². The largest absolute Gasteiger partial charge is 0.497 e. The molecule has 8 heteroatoms. The Bertz CT molecular complexity index is 913. The lowest BCUT2D eigenvalue weighted by atomic mass is 10.1. The van der Waals surface area contributed by atoms with Crippen LogP contribution < -0.4 is 14.8 Å². The first kappa shape index (κ1) is 19.8. The zero-order chi connectivity index (χ0) is 20.1. The first-order valence-corrected chi connectivity index (χ1v) is 9.37. The molecule has 0 radical (unpaired) electrons. The van der Waals surface area contributed by atoms with Gasteiger partial charge >= 0.3 is 5.97 Å². The van der Waals surface area contributed by atoms with Gasteiger partial charge in [0, 0.05) is 11.0 Å². The lowest BCUT2D eigenvalue weighted by Crippen LogP contribution is -2.31. The van der Waals surface area contributed by atoms with Crippen LogP contribution in [0.5, 0.6) is 11.5 Å². The van der Waals surface area contributed by atoms with Gasteiger partial charge in [-0.1, -0.05) is 12.1 Å². The highest BCUT2D eigenvalue weighted by molar-refractivity contribution is 8.01. The van der Waals surface area contributed by atoms with Gasteiger partial charge in [-0.25, -0.2) is 0 Å². The van der Waals surface area contributed by atoms with Crippen LogP contribution in [0.1, 0.15) is 16.8 Å². The molecule has 1 aliphatic heterocycles. The summed E-state index contributed by atoms with van der Waals surface area (Å²) in [6.45, 7) is -0.433. The Hall–Kier alpha value is -3.00. The highest BCUT2D eigenvalue weighted by Gasteiger charge is 2.29. The zero-order valence-electron chi connectivity index (χ0n) is 15.4. The molecule has 7 nitrogen and oxygen atoms in total. The summed E-state index contributed by atoms with van der Waals surface area (Å²) < 4.78 is 15.4. The normalized spacial score (nSPS) is 15.2. The molecule has 146 valence electrons. The Morgan fingerprint density at radius 1 is 1.11 bits per heavy atom. The zero-order valence-corrected chi connectivity index (χ0v) is 16.2. The van der Waals surface area contributed by atoms with Crippen LogP contribution in [0.3, 0.4) is 0 Å². The molecule has 0 fully saturated rings. The molecule has 1 amide bonds. The predicted molar refractivity (Wildman–Crippen MR) is 104 cm³/mol. The number of carbonyl (C=O) groups excluding carboxylic acids is 3. The number of fused-ring (bicyclic) bond motifs is 1. The number of Topliss-reactive ketones (excluding diaryl/α,β-unsaturated/α-hetero) is 1. The Kier molecular flexibility index (Phi) is 6.20. The van der Waals surface area contributed by atoms with Gasteiger partial charge in [-0.15, -0.1) is 11.8 Å². The smallest absolute Gasteiger partial charge is 0.307 e. The fourth-order valence-corrected chi connectivity index (χ4v) is 3.79. The summed E-state index contributed by atoms with van der Waals surface area (Å²) in [5, 5.41) is 2.17. The third-order valence-corrected chi connectivity index (χ3v) is 5.41. The van der Waals surface area contributed by atoms with Gasteiger partial charge in [-0.3, -0.25) is 14.4 Å². The molecule has 2 aromatic carbocycles. The summed E-state index contributed by atoms with van der Waals surface area (Å²) in [7, 11) is 2.95. The van der Waals surface area contributed by atoms with Crippen LogP contribution in [0.25, 0.3) is 0 Å². The van der Waals surface area contributed by atoms with Crippen LogP contribution in [0.15, 0.2) is 47.4 Å². The Labute approximate surface area is 166 Å². The first-order valence-electron chi connectivity index (χ1n) is 8.49. The van der Waals surface area contributed by atoms with E-state index >= 15 is 0 Å². The number of methoxy groups -OCH3 is 2. The van der Waals surface area contributed by atoms with Crippen molar-refractivity contribution < 1.29 is 28.6 Å². The second-order valence-corrected chi connectivity index (χ2v) is 7.19. The average Bonchev–Trinajstić information content (AvgIpc) is 2.72. The van der Waals surface area contributed by atoms with Crippen LogP contribution in [0.4, 0.5) is 5.69 Å². The molecule has 1 N–H and O–H groups in total. The lowest BCUT2D eigenvalue weighted by molar-refractivity contribution is -0.143. The Balaban J connectivity index is 1.57. The van der Waals surface area contributed by atoms with E-state index in [1.807, 2.05) is 18.2 Å². The van der Waals surface area contributed by atoms with E-state index < -0.39 is 23.6 Å². The van der Waals surface area contributed by atoms with Crippen molar-refractivity contribution in [1.82, 2.24) is 0 Å². The topological polar surface area (TPSA) is 90.9 Å². The van der Waals surface area contributed by atoms with Crippen molar-refractivity contribution in [1.29, 1.82) is 0 Å². The van der Waals surface area contributed by atoms with Crippen LogP contribution in [-0.2, 0) is 14.3 Å². The Morgan fingerprint density at radius 2 is 1.89 bits per heavy atom. The number of benzene rings is 2. The molecule has 1 aliphatic rings. The van der Waals surface area contributed by atoms with Gasteiger partial charge in [0.2, 0.25) is 11.7 Å². The third-order valence-electron chi connectivity index (χ3n) is 4.13. The molecule has 0 aromatic heterocycles. The summed E-state index contributed by atoms with van der Waals surface area (Å²) in [6.07, 6.45) is -0.127. The van der Waals surface area contributed by atoms with Crippen molar-refractivity contribution in [3.8, 4) is 11.5 Å². The van der Waals surface area contributed by atoms with Crippen molar-refractivity contribution in [2.45, 2.75) is 16.6 Å². The number of nitrogens with one attached hydrogen (secondary N) is 1. The molecule has 28 heavy (non-hydrogen) atoms. The van der Waals surface area contributed by atoms with E-state index in [0.717, 1.165) is 10.6 Å². The third kappa shape index (κ3) is 4.45. The van der Waals surface area contributed by atoms with Crippen LogP contribution in [0, 0.1) is 0 Å². The number of anilines is 1. The van der Waals surface area contributed by atoms with Crippen molar-refractivity contribution >= 4 is 35.1 Å². The van der Waals surface area contributed by atoms with Gasteiger partial charge in [0.05, 0.1) is 37.1 Å². The lowest BCUT2D eigenvalue weighted by Gasteiger charge is -2.23. The van der Waals surface area contributed by atoms with Crippen LogP contribution in [0.2, 0.25) is 0 Å². The molecule has 1 atom stereocenters. The number of ketones is 1. The molecule has 0 aliphatic carbocycles. The summed E-state index contributed by atoms with van der Waals surface area (Å²) >= 11 is 1.30. The molecule has 0 saturated carbocycles. The molecule has 2 aromatic rings. The number of carbonyl (C=O) groups is 3. The first-order chi connectivity index (χ1) is 13.5. The minimum Gasteiger partial charge on any atom is -0.497 e. The average molecular weight is 401 g/mol. The summed E-state index contributed by atoms with van der Waals surface area (Å²) in [5.41, 5.74) is 1.01. The molecule has 0 bridgehead atoms. The van der Waals surface area contributed by atoms with Gasteiger partial charge in [0.25, 0.3) is 0 Å². The van der Waals surface area contributed by atoms with Crippen molar-refractivity contribution in [2.24, 2.45) is 0 Å². The SMILES string of the molecule is COc1ccc(C(=O)COC(=O)C[C@@H]2Sc3ccccc3NC2=O)c(OC)c1. The fraction of sp³-hybridized carbons (Fsp3) is 0.250. The number of para-hydroxylation sites is 1. The molecule has 0 saturated heterocycles. The van der Waals surface area contributed by atoms with Gasteiger partial charge in [0.15, 0.2) is 6.61 Å². The molecular weight excluding hydrogens is 382 g/mol. The van der Waals surface area contributed by atoms with Gasteiger partial charge in [0.1, 0.15) is 11.5 Å². The van der Waals surface area contributed by atoms with Crippen molar-refractivity contribution in [3.63, 3.8) is 0 Å². The molecule has 1 heterocycles. The van der Waals surface area contributed by atoms with Gasteiger partial charge < -0.3 is 19.5 Å². The fourth-order valence-electron chi connectivity index (χ4n) is 2.69. The number of rotatable bonds is 7. The maximum Gasteiger partial charge on any atom is 0.307 e. The van der Waals surface area contributed by atoms with E-state index in [1.54, 1.807) is 24.3 Å². The van der Waals surface area contributed by atoms with E-state index in [2.05, 4.69) is 5.32 Å². The van der Waals surface area contributed by atoms with Crippen molar-refractivity contribution in [3.05, 3.63) is 48.0 Å². The molecule has 0 spiro atoms. The quantitative estimate of drug-likeness (QED) is 0.563. The number of amides is 1. The number of thioether (sulfide) groups is 1. The van der Waals surface area contributed by atoms with E-state index in [-0.39, 0.29) is 17.9 Å². The second-order valence-electron chi connectivity index (χ2n) is 5.95. The number of esters is 1. The van der Waals surface area contributed by atoms with Crippen LogP contribution >= 0.6 is 11.8 Å². The highest BCUT2D eigenvalue weighted by atomic mass is 32.2. The highest BCUT2D eigenvalue weighted by Crippen LogP contribution is 2.36. The van der Waals surface area contributed by atoms with Crippen molar-refractivity contribution in [2.75, 3.05) is 26.1 Å². The van der Waals surface area contributed by atoms with Crippen LogP contribution in [-0.4, -0.2) is 43.7 Å². The van der Waals surface area contributed by atoms with E-state index in [9.17, 15) is 14.4 Å². The van der Waals surface area contributed by atoms with Gasteiger partial charge in [-0.2, -0.15) is 0 Å². The molecule has 0 unspecified atom stereocenters. The molecular formula is C20H19NO6S. The summed E-state index contributed by atoms with van der Waals surface area (Å²) in [5.74, 6) is -0.402. The Morgan fingerprint density at radius 3 is 2.64 bits per heavy atom. The molecule has 3 rings (SSSR count). The maximum atomic E-state index is 12.4. The summed E-state index contributed by atoms with van der Waals surface area (Å²) in [6, 6.07) is 12.1.